The number of aliphatic hydroxyl groups is 2. The number of aliphatic hydroxyl groups excluding tert-OH is 2. The number of nitrogens with one attached hydrogen (secondary N) is 2. The predicted molar refractivity (Wildman–Crippen MR) is 108 cm³/mol. The third kappa shape index (κ3) is 4.68. The summed E-state index contributed by atoms with van der Waals surface area (Å²) in [5, 5.41) is 31.6. The molecule has 2 aromatic rings. The van der Waals surface area contributed by atoms with Gasteiger partial charge in [-0.25, -0.2) is 15.1 Å². The Labute approximate surface area is 174 Å². The molecular weight excluding hydrogens is 412 g/mol. The minimum Gasteiger partial charge on any atom is -0.390 e. The molecule has 0 bridgehead atoms. The van der Waals surface area contributed by atoms with Gasteiger partial charge in [0.25, 0.3) is 0 Å². The first-order valence-electron chi connectivity index (χ1n) is 9.63. The van der Waals surface area contributed by atoms with Crippen molar-refractivity contribution < 1.29 is 22.8 Å². The molecule has 2 aliphatic rings. The van der Waals surface area contributed by atoms with Gasteiger partial charge in [0.15, 0.2) is 0 Å². The van der Waals surface area contributed by atoms with Gasteiger partial charge in [-0.1, -0.05) is 24.3 Å². The topological polar surface area (TPSA) is 173 Å². The normalized spacial score (nSPS) is 28.3. The maximum atomic E-state index is 11.0. The first kappa shape index (κ1) is 20.9. The van der Waals surface area contributed by atoms with Crippen LogP contribution in [0.5, 0.6) is 0 Å². The second kappa shape index (κ2) is 8.40. The van der Waals surface area contributed by atoms with E-state index in [2.05, 4.69) is 41.9 Å². The number of fused-ring (bicyclic) bond motifs is 1. The van der Waals surface area contributed by atoms with E-state index < -0.39 is 34.5 Å². The van der Waals surface area contributed by atoms with Gasteiger partial charge >= 0.3 is 10.3 Å². The standard InChI is InChI=1S/C18H24N6O5S/c19-30(27,28)29-8-11-7-14(16(26)15(11)25)23-18-21-9-20-17(24-18)22-13-6-5-10-3-1-2-4-12(10)13/h1-4,9,11,13-16,25-26H,5-8H2,(H2,19,27,28)(H2,20,21,22,23,24)/t11-,13+,14-,15-,16+/m1/s1. The molecule has 0 spiro atoms. The number of aromatic nitrogens is 3. The van der Waals surface area contributed by atoms with Crippen molar-refractivity contribution in [2.45, 2.75) is 43.6 Å². The predicted octanol–water partition coefficient (Wildman–Crippen LogP) is -0.287. The number of nitrogens with zero attached hydrogens (tertiary/aromatic N) is 3. The molecule has 1 heterocycles. The largest absolute Gasteiger partial charge is 0.390 e. The summed E-state index contributed by atoms with van der Waals surface area (Å²) in [7, 11) is -4.12. The molecule has 2 aliphatic carbocycles. The fraction of sp³-hybridized carbons (Fsp3) is 0.500. The molecule has 4 rings (SSSR count). The molecule has 162 valence electrons. The summed E-state index contributed by atoms with van der Waals surface area (Å²) in [6.45, 7) is -0.319. The minimum absolute atomic E-state index is 0.107. The third-order valence-electron chi connectivity index (χ3n) is 5.57. The summed E-state index contributed by atoms with van der Waals surface area (Å²) < 4.78 is 26.5. The van der Waals surface area contributed by atoms with E-state index in [0.29, 0.717) is 5.95 Å². The highest BCUT2D eigenvalue weighted by molar-refractivity contribution is 7.84. The van der Waals surface area contributed by atoms with Crippen molar-refractivity contribution in [3.8, 4) is 0 Å². The van der Waals surface area contributed by atoms with Gasteiger partial charge in [0.05, 0.1) is 24.8 Å². The van der Waals surface area contributed by atoms with Crippen molar-refractivity contribution in [2.24, 2.45) is 11.1 Å². The fourth-order valence-corrected chi connectivity index (χ4v) is 4.44. The molecule has 6 N–H and O–H groups in total. The molecule has 0 saturated heterocycles. The highest BCUT2D eigenvalue weighted by Crippen LogP contribution is 2.33. The fourth-order valence-electron chi connectivity index (χ4n) is 4.08. The van der Waals surface area contributed by atoms with Crippen LogP contribution in [-0.2, 0) is 20.9 Å². The van der Waals surface area contributed by atoms with Crippen molar-refractivity contribution in [3.63, 3.8) is 0 Å². The van der Waals surface area contributed by atoms with Gasteiger partial charge in [-0.05, 0) is 30.4 Å². The average molecular weight is 436 g/mol. The molecule has 12 heteroatoms. The number of hydrogen-bond acceptors (Lipinski definition) is 10. The van der Waals surface area contributed by atoms with E-state index in [1.807, 2.05) is 12.1 Å². The SMILES string of the molecule is NS(=O)(=O)OC[C@H]1C[C@@H](Nc2ncnc(N[C@H]3CCc4ccccc43)n2)[C@H](O)[C@@H]1O. The summed E-state index contributed by atoms with van der Waals surface area (Å²) in [6.07, 6.45) is 1.22. The van der Waals surface area contributed by atoms with Crippen LogP contribution in [0.2, 0.25) is 0 Å². The number of benzene rings is 1. The Morgan fingerprint density at radius 3 is 2.63 bits per heavy atom. The van der Waals surface area contributed by atoms with Gasteiger partial charge in [-0.3, -0.25) is 4.18 Å². The Balaban J connectivity index is 1.40. The highest BCUT2D eigenvalue weighted by atomic mass is 32.2. The summed E-state index contributed by atoms with van der Waals surface area (Å²) in [4.78, 5) is 12.6. The minimum atomic E-state index is -4.12. The molecule has 0 radical (unpaired) electrons. The second-order valence-corrected chi connectivity index (χ2v) is 8.79. The third-order valence-corrected chi connectivity index (χ3v) is 6.04. The van der Waals surface area contributed by atoms with Gasteiger partial charge in [0.2, 0.25) is 11.9 Å². The second-order valence-electron chi connectivity index (χ2n) is 7.57. The summed E-state index contributed by atoms with van der Waals surface area (Å²) in [5.41, 5.74) is 2.53. The van der Waals surface area contributed by atoms with Crippen LogP contribution in [0.1, 0.15) is 30.0 Å². The Morgan fingerprint density at radius 2 is 1.87 bits per heavy atom. The first-order valence-corrected chi connectivity index (χ1v) is 11.1. The Bertz CT molecular complexity index is 1010. The lowest BCUT2D eigenvalue weighted by atomic mass is 10.1. The van der Waals surface area contributed by atoms with Crippen LogP contribution >= 0.6 is 0 Å². The van der Waals surface area contributed by atoms with Crippen LogP contribution in [0, 0.1) is 5.92 Å². The van der Waals surface area contributed by atoms with Crippen LogP contribution in [0.25, 0.3) is 0 Å². The van der Waals surface area contributed by atoms with E-state index in [1.54, 1.807) is 0 Å². The molecule has 0 amide bonds. The van der Waals surface area contributed by atoms with Crippen LogP contribution in [-0.4, -0.2) is 58.4 Å². The number of nitrogens with two attached hydrogens (primary N) is 1. The van der Waals surface area contributed by atoms with Gasteiger partial charge in [0, 0.05) is 5.92 Å². The molecule has 1 saturated carbocycles. The van der Waals surface area contributed by atoms with E-state index in [4.69, 9.17) is 5.14 Å². The van der Waals surface area contributed by atoms with Crippen LogP contribution in [0.4, 0.5) is 11.9 Å². The first-order chi connectivity index (χ1) is 14.3. The molecule has 0 unspecified atom stereocenters. The van der Waals surface area contributed by atoms with Crippen molar-refractivity contribution in [1.82, 2.24) is 15.0 Å². The summed E-state index contributed by atoms with van der Waals surface area (Å²) in [6, 6.07) is 7.74. The molecule has 1 aromatic heterocycles. The molecule has 30 heavy (non-hydrogen) atoms. The van der Waals surface area contributed by atoms with E-state index in [9.17, 15) is 18.6 Å². The molecule has 1 aromatic carbocycles. The molecule has 1 fully saturated rings. The quantitative estimate of drug-likeness (QED) is 0.388. The lowest BCUT2D eigenvalue weighted by Gasteiger charge is -2.18. The van der Waals surface area contributed by atoms with Crippen molar-refractivity contribution in [2.75, 3.05) is 17.2 Å². The zero-order valence-corrected chi connectivity index (χ0v) is 16.9. The van der Waals surface area contributed by atoms with Crippen molar-refractivity contribution in [3.05, 3.63) is 41.7 Å². The highest BCUT2D eigenvalue weighted by Gasteiger charge is 2.42. The van der Waals surface area contributed by atoms with Gasteiger partial charge in [-0.2, -0.15) is 13.4 Å². The number of aryl methyl sites for hydroxylation is 1. The summed E-state index contributed by atoms with van der Waals surface area (Å²) in [5.74, 6) is 0.0321. The van der Waals surface area contributed by atoms with E-state index in [1.165, 1.54) is 17.5 Å². The van der Waals surface area contributed by atoms with Crippen molar-refractivity contribution >= 4 is 22.2 Å². The van der Waals surface area contributed by atoms with Gasteiger partial charge in [0.1, 0.15) is 12.4 Å². The maximum Gasteiger partial charge on any atom is 0.333 e. The maximum absolute atomic E-state index is 11.0. The molecule has 5 atom stereocenters. The van der Waals surface area contributed by atoms with E-state index in [0.717, 1.165) is 12.8 Å². The van der Waals surface area contributed by atoms with E-state index >= 15 is 0 Å². The summed E-state index contributed by atoms with van der Waals surface area (Å²) >= 11 is 0. The zero-order valence-electron chi connectivity index (χ0n) is 16.0. The number of rotatable bonds is 7. The monoisotopic (exact) mass is 436 g/mol. The zero-order chi connectivity index (χ0) is 21.3. The van der Waals surface area contributed by atoms with Crippen LogP contribution in [0.15, 0.2) is 30.6 Å². The lowest BCUT2D eigenvalue weighted by Crippen LogP contribution is -2.36. The Kier molecular flexibility index (Phi) is 5.84. The van der Waals surface area contributed by atoms with Gasteiger partial charge < -0.3 is 20.8 Å². The number of hydrogen-bond donors (Lipinski definition) is 5. The lowest BCUT2D eigenvalue weighted by molar-refractivity contribution is 0.00776. The van der Waals surface area contributed by atoms with Gasteiger partial charge in [-0.15, -0.1) is 0 Å². The van der Waals surface area contributed by atoms with Crippen LogP contribution in [0.3, 0.4) is 0 Å². The Morgan fingerprint density at radius 1 is 1.13 bits per heavy atom. The molecule has 0 aliphatic heterocycles. The van der Waals surface area contributed by atoms with Crippen LogP contribution < -0.4 is 15.8 Å². The molecular formula is C18H24N6O5S. The number of anilines is 2. The molecule has 11 nitrogen and oxygen atoms in total. The smallest absolute Gasteiger partial charge is 0.333 e. The Hall–Kier alpha value is -2.38. The van der Waals surface area contributed by atoms with E-state index in [-0.39, 0.29) is 25.0 Å². The average Bonchev–Trinajstić information content (AvgIpc) is 3.23. The van der Waals surface area contributed by atoms with Crippen molar-refractivity contribution in [1.29, 1.82) is 0 Å².